The molecule has 2 amide bonds. The van der Waals surface area contributed by atoms with Crippen LogP contribution in [-0.2, 0) is 32.6 Å². The molecule has 1 atom stereocenters. The Hall–Kier alpha value is -2.91. The summed E-state index contributed by atoms with van der Waals surface area (Å²) in [5.74, 6) is 0.0349. The van der Waals surface area contributed by atoms with E-state index in [4.69, 9.17) is 4.74 Å². The van der Waals surface area contributed by atoms with E-state index in [1.54, 1.807) is 12.0 Å². The summed E-state index contributed by atoms with van der Waals surface area (Å²) in [5, 5.41) is 2.82. The molecule has 0 radical (unpaired) electrons. The van der Waals surface area contributed by atoms with Crippen molar-refractivity contribution < 1.29 is 22.7 Å². The minimum Gasteiger partial charge on any atom is -0.497 e. The zero-order chi connectivity index (χ0) is 24.3. The fraction of sp³-hybridized carbons (Fsp3) is 0.440. The van der Waals surface area contributed by atoms with Crippen molar-refractivity contribution in [1.29, 1.82) is 0 Å². The molecule has 8 nitrogen and oxygen atoms in total. The number of rotatable bonds is 8. The Morgan fingerprint density at radius 1 is 1.18 bits per heavy atom. The average Bonchev–Trinajstić information content (AvgIpc) is 3.22. The standard InChI is InChI=1S/C25H31N3O5S/c1-18-5-3-6-22(13-18)28-17-21(15-24(28)29)25(30)26-10-4-12-34(31,32)27-11-9-19-14-23(33-2)8-7-20(19)16-27/h3,5-8,13-14,21H,4,9-12,15-17H2,1-2H3,(H,26,30). The van der Waals surface area contributed by atoms with Crippen LogP contribution in [0.4, 0.5) is 5.69 Å². The highest BCUT2D eigenvalue weighted by Crippen LogP contribution is 2.27. The minimum absolute atomic E-state index is 0.0300. The smallest absolute Gasteiger partial charge is 0.227 e. The van der Waals surface area contributed by atoms with Gasteiger partial charge in [-0.3, -0.25) is 9.59 Å². The number of amides is 2. The first kappa shape index (κ1) is 24.2. The number of nitrogens with zero attached hydrogens (tertiary/aromatic N) is 2. The predicted octanol–water partition coefficient (Wildman–Crippen LogP) is 2.25. The minimum atomic E-state index is -3.43. The van der Waals surface area contributed by atoms with E-state index in [1.165, 1.54) is 4.31 Å². The molecule has 1 unspecified atom stereocenters. The Labute approximate surface area is 200 Å². The highest BCUT2D eigenvalue weighted by molar-refractivity contribution is 7.89. The zero-order valence-electron chi connectivity index (χ0n) is 19.6. The number of anilines is 1. The number of fused-ring (bicyclic) bond motifs is 1. The molecule has 2 heterocycles. The number of hydrogen-bond donors (Lipinski definition) is 1. The molecule has 2 aromatic carbocycles. The van der Waals surface area contributed by atoms with Crippen LogP contribution in [0.15, 0.2) is 42.5 Å². The van der Waals surface area contributed by atoms with E-state index in [0.29, 0.717) is 32.5 Å². The van der Waals surface area contributed by atoms with Crippen molar-refractivity contribution in [2.45, 2.75) is 32.7 Å². The van der Waals surface area contributed by atoms with Gasteiger partial charge in [0.2, 0.25) is 21.8 Å². The number of hydrogen-bond acceptors (Lipinski definition) is 5. The van der Waals surface area contributed by atoms with Gasteiger partial charge >= 0.3 is 0 Å². The van der Waals surface area contributed by atoms with Gasteiger partial charge in [0.25, 0.3) is 0 Å². The van der Waals surface area contributed by atoms with Gasteiger partial charge < -0.3 is 15.0 Å². The average molecular weight is 486 g/mol. The first-order valence-corrected chi connectivity index (χ1v) is 13.2. The highest BCUT2D eigenvalue weighted by atomic mass is 32.2. The molecule has 34 heavy (non-hydrogen) atoms. The van der Waals surface area contributed by atoms with Crippen molar-refractivity contribution in [3.05, 3.63) is 59.2 Å². The van der Waals surface area contributed by atoms with E-state index in [0.717, 1.165) is 28.1 Å². The van der Waals surface area contributed by atoms with Gasteiger partial charge in [-0.15, -0.1) is 0 Å². The van der Waals surface area contributed by atoms with Crippen molar-refractivity contribution in [2.75, 3.05) is 37.4 Å². The van der Waals surface area contributed by atoms with Crippen LogP contribution in [-0.4, -0.2) is 57.0 Å². The van der Waals surface area contributed by atoms with E-state index in [1.807, 2.05) is 49.4 Å². The lowest BCUT2D eigenvalue weighted by molar-refractivity contribution is -0.126. The summed E-state index contributed by atoms with van der Waals surface area (Å²) < 4.78 is 32.4. The molecule has 1 fully saturated rings. The van der Waals surface area contributed by atoms with Crippen molar-refractivity contribution in [3.8, 4) is 5.75 Å². The lowest BCUT2D eigenvalue weighted by Crippen LogP contribution is -2.38. The van der Waals surface area contributed by atoms with Crippen LogP contribution >= 0.6 is 0 Å². The number of sulfonamides is 1. The van der Waals surface area contributed by atoms with Gasteiger partial charge in [0, 0.05) is 38.3 Å². The molecule has 0 spiro atoms. The molecule has 9 heteroatoms. The fourth-order valence-electron chi connectivity index (χ4n) is 4.54. The third kappa shape index (κ3) is 5.42. The quantitative estimate of drug-likeness (QED) is 0.579. The Bertz CT molecular complexity index is 1180. The van der Waals surface area contributed by atoms with Crippen molar-refractivity contribution in [1.82, 2.24) is 9.62 Å². The summed E-state index contributed by atoms with van der Waals surface area (Å²) in [6.07, 6.45) is 1.13. The third-order valence-electron chi connectivity index (χ3n) is 6.47. The number of benzene rings is 2. The van der Waals surface area contributed by atoms with Crippen LogP contribution in [0, 0.1) is 12.8 Å². The summed E-state index contributed by atoms with van der Waals surface area (Å²) in [6, 6.07) is 13.4. The fourth-order valence-corrected chi connectivity index (χ4v) is 6.01. The number of carbonyl (C=O) groups excluding carboxylic acids is 2. The number of carbonyl (C=O) groups is 2. The molecule has 0 aromatic heterocycles. The number of aryl methyl sites for hydroxylation is 1. The van der Waals surface area contributed by atoms with Crippen LogP contribution in [0.3, 0.4) is 0 Å². The second-order valence-corrected chi connectivity index (χ2v) is 11.0. The van der Waals surface area contributed by atoms with Crippen LogP contribution in [0.5, 0.6) is 5.75 Å². The van der Waals surface area contributed by atoms with Crippen LogP contribution in [0.2, 0.25) is 0 Å². The SMILES string of the molecule is COc1ccc2c(c1)CCN(S(=O)(=O)CCCNC(=O)C1CC(=O)N(c3cccc(C)c3)C1)C2. The molecular formula is C25H31N3O5S. The largest absolute Gasteiger partial charge is 0.497 e. The lowest BCUT2D eigenvalue weighted by atomic mass is 10.0. The molecule has 0 aliphatic carbocycles. The topological polar surface area (TPSA) is 96.0 Å². The Morgan fingerprint density at radius 3 is 2.76 bits per heavy atom. The maximum absolute atomic E-state index is 12.8. The first-order valence-electron chi connectivity index (χ1n) is 11.5. The number of ether oxygens (including phenoxy) is 1. The molecule has 4 rings (SSSR count). The Morgan fingerprint density at radius 2 is 2.00 bits per heavy atom. The van der Waals surface area contributed by atoms with Crippen LogP contribution < -0.4 is 15.0 Å². The molecule has 2 aromatic rings. The van der Waals surface area contributed by atoms with Crippen molar-refractivity contribution in [3.63, 3.8) is 0 Å². The summed E-state index contributed by atoms with van der Waals surface area (Å²) in [5.41, 5.74) is 3.96. The molecule has 1 saturated heterocycles. The van der Waals surface area contributed by atoms with E-state index in [2.05, 4.69) is 5.32 Å². The third-order valence-corrected chi connectivity index (χ3v) is 8.37. The first-order chi connectivity index (χ1) is 16.3. The van der Waals surface area contributed by atoms with E-state index in [9.17, 15) is 18.0 Å². The maximum Gasteiger partial charge on any atom is 0.227 e. The normalized spacial score (nSPS) is 18.6. The van der Waals surface area contributed by atoms with Crippen LogP contribution in [0.25, 0.3) is 0 Å². The molecule has 1 N–H and O–H groups in total. The van der Waals surface area contributed by atoms with Gasteiger partial charge in [-0.1, -0.05) is 18.2 Å². The van der Waals surface area contributed by atoms with Gasteiger partial charge in [0.1, 0.15) is 5.75 Å². The van der Waals surface area contributed by atoms with Gasteiger partial charge in [0.05, 0.1) is 18.8 Å². The molecule has 2 aliphatic heterocycles. The van der Waals surface area contributed by atoms with Crippen LogP contribution in [0.1, 0.15) is 29.5 Å². The van der Waals surface area contributed by atoms with E-state index in [-0.39, 0.29) is 30.5 Å². The summed E-state index contributed by atoms with van der Waals surface area (Å²) in [6.45, 7) is 3.35. The summed E-state index contributed by atoms with van der Waals surface area (Å²) in [4.78, 5) is 26.6. The van der Waals surface area contributed by atoms with Crippen molar-refractivity contribution in [2.24, 2.45) is 5.92 Å². The van der Waals surface area contributed by atoms with Crippen molar-refractivity contribution >= 4 is 27.5 Å². The van der Waals surface area contributed by atoms with E-state index >= 15 is 0 Å². The predicted molar refractivity (Wildman–Crippen MR) is 130 cm³/mol. The van der Waals surface area contributed by atoms with E-state index < -0.39 is 15.9 Å². The lowest BCUT2D eigenvalue weighted by Gasteiger charge is -2.28. The number of methoxy groups -OCH3 is 1. The van der Waals surface area contributed by atoms with Gasteiger partial charge in [-0.2, -0.15) is 4.31 Å². The van der Waals surface area contributed by atoms with Gasteiger partial charge in [0.15, 0.2) is 0 Å². The molecular weight excluding hydrogens is 454 g/mol. The summed E-state index contributed by atoms with van der Waals surface area (Å²) >= 11 is 0. The molecule has 0 saturated carbocycles. The maximum atomic E-state index is 12.8. The second-order valence-electron chi connectivity index (χ2n) is 8.92. The van der Waals surface area contributed by atoms with Gasteiger partial charge in [-0.25, -0.2) is 8.42 Å². The van der Waals surface area contributed by atoms with Gasteiger partial charge in [-0.05, 0) is 60.7 Å². The monoisotopic (exact) mass is 485 g/mol. The molecule has 0 bridgehead atoms. The molecule has 2 aliphatic rings. The highest BCUT2D eigenvalue weighted by Gasteiger charge is 2.35. The summed E-state index contributed by atoms with van der Waals surface area (Å²) in [7, 11) is -1.81. The Kier molecular flexibility index (Phi) is 7.23. The number of nitrogens with one attached hydrogen (secondary N) is 1. The second kappa shape index (κ2) is 10.1. The Balaban J connectivity index is 1.24. The zero-order valence-corrected chi connectivity index (χ0v) is 20.4. The molecule has 182 valence electrons.